The van der Waals surface area contributed by atoms with Gasteiger partial charge in [0.1, 0.15) is 11.4 Å². The maximum Gasteiger partial charge on any atom is 0.260 e. The van der Waals surface area contributed by atoms with Crippen molar-refractivity contribution in [3.05, 3.63) is 71.4 Å². The van der Waals surface area contributed by atoms with Crippen molar-refractivity contribution < 1.29 is 4.79 Å². The smallest absolute Gasteiger partial charge is 0.260 e. The van der Waals surface area contributed by atoms with E-state index >= 15 is 0 Å². The molecule has 0 aliphatic carbocycles. The van der Waals surface area contributed by atoms with Gasteiger partial charge in [0.05, 0.1) is 18.3 Å². The molecule has 4 rings (SSSR count). The fourth-order valence-corrected chi connectivity index (χ4v) is 3.81. The highest BCUT2D eigenvalue weighted by Gasteiger charge is 2.33. The van der Waals surface area contributed by atoms with Gasteiger partial charge in [-0.15, -0.1) is 0 Å². The summed E-state index contributed by atoms with van der Waals surface area (Å²) >= 11 is 0. The Balaban J connectivity index is 1.63. The Bertz CT molecular complexity index is 954. The summed E-state index contributed by atoms with van der Waals surface area (Å²) in [6.07, 6.45) is 6.31. The van der Waals surface area contributed by atoms with E-state index in [4.69, 9.17) is 5.73 Å². The number of nitrogen functional groups attached to an aromatic ring is 1. The molecule has 2 N–H and O–H groups in total. The third-order valence-corrected chi connectivity index (χ3v) is 5.20. The van der Waals surface area contributed by atoms with Crippen molar-refractivity contribution in [2.45, 2.75) is 38.8 Å². The Kier molecular flexibility index (Phi) is 5.06. The molecule has 1 atom stereocenters. The molecule has 1 aliphatic heterocycles. The largest absolute Gasteiger partial charge is 0.383 e. The van der Waals surface area contributed by atoms with Gasteiger partial charge in [-0.3, -0.25) is 4.79 Å². The number of aromatic nitrogens is 4. The second kappa shape index (κ2) is 7.80. The fourth-order valence-electron chi connectivity index (χ4n) is 3.81. The predicted octanol–water partition coefficient (Wildman–Crippen LogP) is 2.98. The van der Waals surface area contributed by atoms with E-state index < -0.39 is 0 Å². The summed E-state index contributed by atoms with van der Waals surface area (Å²) in [7, 11) is 0. The van der Waals surface area contributed by atoms with Crippen LogP contribution in [0.3, 0.4) is 0 Å². The van der Waals surface area contributed by atoms with Gasteiger partial charge >= 0.3 is 0 Å². The van der Waals surface area contributed by atoms with E-state index in [1.165, 1.54) is 0 Å². The lowest BCUT2D eigenvalue weighted by Crippen LogP contribution is -2.39. The Morgan fingerprint density at radius 2 is 1.89 bits per heavy atom. The first-order chi connectivity index (χ1) is 13.6. The number of hydrogen-bond donors (Lipinski definition) is 1. The first-order valence-corrected chi connectivity index (χ1v) is 9.60. The summed E-state index contributed by atoms with van der Waals surface area (Å²) in [6, 6.07) is 11.6. The number of nitrogens with two attached hydrogens (primary N) is 1. The summed E-state index contributed by atoms with van der Waals surface area (Å²) < 4.78 is 1.70. The topological polar surface area (TPSA) is 89.9 Å². The molecule has 0 bridgehead atoms. The molecule has 3 aromatic rings. The number of rotatable bonds is 4. The molecule has 7 nitrogen and oxygen atoms in total. The van der Waals surface area contributed by atoms with Gasteiger partial charge < -0.3 is 10.6 Å². The molecule has 2 aromatic heterocycles. The molecule has 7 heteroatoms. The quantitative estimate of drug-likeness (QED) is 0.756. The van der Waals surface area contributed by atoms with Crippen molar-refractivity contribution in [1.82, 2.24) is 24.6 Å². The van der Waals surface area contributed by atoms with Crippen LogP contribution in [-0.2, 0) is 6.54 Å². The Morgan fingerprint density at radius 3 is 2.64 bits per heavy atom. The third kappa shape index (κ3) is 3.47. The molecule has 1 saturated heterocycles. The number of hydrogen-bond acceptors (Lipinski definition) is 5. The summed E-state index contributed by atoms with van der Waals surface area (Å²) in [5.74, 6) is 1.000. The first kappa shape index (κ1) is 18.2. The van der Waals surface area contributed by atoms with Crippen LogP contribution < -0.4 is 5.73 Å². The lowest BCUT2D eigenvalue weighted by molar-refractivity contribution is 0.0600. The van der Waals surface area contributed by atoms with Crippen molar-refractivity contribution in [1.29, 1.82) is 0 Å². The summed E-state index contributed by atoms with van der Waals surface area (Å²) in [4.78, 5) is 24.0. The Morgan fingerprint density at radius 1 is 1.14 bits per heavy atom. The highest BCUT2D eigenvalue weighted by molar-refractivity contribution is 5.99. The normalized spacial score (nSPS) is 16.9. The van der Waals surface area contributed by atoms with E-state index in [-0.39, 0.29) is 11.9 Å². The van der Waals surface area contributed by atoms with Gasteiger partial charge in [0, 0.05) is 18.9 Å². The number of piperidine rings is 1. The molecule has 144 valence electrons. The van der Waals surface area contributed by atoms with Crippen molar-refractivity contribution in [2.75, 3.05) is 12.3 Å². The molecule has 1 amide bonds. The molecule has 1 aliphatic rings. The van der Waals surface area contributed by atoms with Crippen LogP contribution in [0.1, 0.15) is 52.7 Å². The highest BCUT2D eigenvalue weighted by atomic mass is 16.2. The SMILES string of the molecule is Cc1nn(Cc2ccccc2)c(N)c1C(=O)N1CCCCC1c1ncccn1. The van der Waals surface area contributed by atoms with E-state index in [0.29, 0.717) is 36.0 Å². The van der Waals surface area contributed by atoms with Crippen LogP contribution in [0.4, 0.5) is 5.82 Å². The van der Waals surface area contributed by atoms with Crippen LogP contribution >= 0.6 is 0 Å². The molecule has 0 spiro atoms. The van der Waals surface area contributed by atoms with Crippen molar-refractivity contribution in [3.8, 4) is 0 Å². The molecule has 3 heterocycles. The number of amides is 1. The van der Waals surface area contributed by atoms with Crippen LogP contribution in [0.25, 0.3) is 0 Å². The Hall–Kier alpha value is -3.22. The number of carbonyl (C=O) groups is 1. The van der Waals surface area contributed by atoms with E-state index in [1.54, 1.807) is 23.1 Å². The summed E-state index contributed by atoms with van der Waals surface area (Å²) in [5.41, 5.74) is 8.59. The molecule has 0 radical (unpaired) electrons. The monoisotopic (exact) mass is 376 g/mol. The molecular weight excluding hydrogens is 352 g/mol. The molecule has 0 saturated carbocycles. The second-order valence-corrected chi connectivity index (χ2v) is 7.11. The lowest BCUT2D eigenvalue weighted by Gasteiger charge is -2.34. The van der Waals surface area contributed by atoms with Crippen LogP contribution in [-0.4, -0.2) is 37.1 Å². The van der Waals surface area contributed by atoms with Gasteiger partial charge in [-0.2, -0.15) is 5.10 Å². The number of benzene rings is 1. The fraction of sp³-hybridized carbons (Fsp3) is 0.333. The number of anilines is 1. The maximum absolute atomic E-state index is 13.4. The van der Waals surface area contributed by atoms with Gasteiger partial charge in [-0.25, -0.2) is 14.6 Å². The average molecular weight is 376 g/mol. The summed E-state index contributed by atoms with van der Waals surface area (Å²) in [5, 5.41) is 4.53. The van der Waals surface area contributed by atoms with Crippen LogP contribution in [0.2, 0.25) is 0 Å². The van der Waals surface area contributed by atoms with E-state index in [0.717, 1.165) is 24.8 Å². The third-order valence-electron chi connectivity index (χ3n) is 5.20. The lowest BCUT2D eigenvalue weighted by atomic mass is 10.00. The zero-order chi connectivity index (χ0) is 19.5. The van der Waals surface area contributed by atoms with E-state index in [1.807, 2.05) is 42.2 Å². The summed E-state index contributed by atoms with van der Waals surface area (Å²) in [6.45, 7) is 3.04. The predicted molar refractivity (Wildman–Crippen MR) is 107 cm³/mol. The minimum atomic E-state index is -0.126. The molecule has 1 fully saturated rings. The van der Waals surface area contributed by atoms with Crippen LogP contribution in [0, 0.1) is 6.92 Å². The zero-order valence-corrected chi connectivity index (χ0v) is 16.0. The van der Waals surface area contributed by atoms with E-state index in [2.05, 4.69) is 15.1 Å². The standard InChI is InChI=1S/C21H24N6O/c1-15-18(19(22)27(25-15)14-16-8-3-2-4-9-16)21(28)26-13-6-5-10-17(26)20-23-11-7-12-24-20/h2-4,7-9,11-12,17H,5-6,10,13-14,22H2,1H3. The maximum atomic E-state index is 13.4. The number of nitrogens with zero attached hydrogens (tertiary/aromatic N) is 5. The minimum absolute atomic E-state index is 0.0912. The molecule has 1 unspecified atom stereocenters. The van der Waals surface area contributed by atoms with Gasteiger partial charge in [-0.05, 0) is 37.8 Å². The van der Waals surface area contributed by atoms with Gasteiger partial charge in [0.25, 0.3) is 5.91 Å². The van der Waals surface area contributed by atoms with E-state index in [9.17, 15) is 4.79 Å². The van der Waals surface area contributed by atoms with Crippen LogP contribution in [0.5, 0.6) is 0 Å². The second-order valence-electron chi connectivity index (χ2n) is 7.11. The van der Waals surface area contributed by atoms with Gasteiger partial charge in [-0.1, -0.05) is 30.3 Å². The molecular formula is C21H24N6O. The zero-order valence-electron chi connectivity index (χ0n) is 16.0. The molecule has 28 heavy (non-hydrogen) atoms. The van der Waals surface area contributed by atoms with Gasteiger partial charge in [0.15, 0.2) is 5.82 Å². The van der Waals surface area contributed by atoms with Crippen molar-refractivity contribution >= 4 is 11.7 Å². The first-order valence-electron chi connectivity index (χ1n) is 9.60. The number of aryl methyl sites for hydroxylation is 1. The van der Waals surface area contributed by atoms with Crippen molar-refractivity contribution in [2.24, 2.45) is 0 Å². The minimum Gasteiger partial charge on any atom is -0.383 e. The van der Waals surface area contributed by atoms with Crippen molar-refractivity contribution in [3.63, 3.8) is 0 Å². The average Bonchev–Trinajstić information content (AvgIpc) is 3.02. The van der Waals surface area contributed by atoms with Gasteiger partial charge in [0.2, 0.25) is 0 Å². The highest BCUT2D eigenvalue weighted by Crippen LogP contribution is 2.31. The Labute approximate surface area is 164 Å². The number of likely N-dealkylation sites (tertiary alicyclic amines) is 1. The molecule has 1 aromatic carbocycles. The number of carbonyl (C=O) groups excluding carboxylic acids is 1. The van der Waals surface area contributed by atoms with Crippen LogP contribution in [0.15, 0.2) is 48.8 Å².